The van der Waals surface area contributed by atoms with E-state index in [9.17, 15) is 0 Å². The Labute approximate surface area is 123 Å². The number of anilines is 1. The topological polar surface area (TPSA) is 133 Å². The maximum absolute atomic E-state index is 5.70. The van der Waals surface area contributed by atoms with Gasteiger partial charge in [-0.1, -0.05) is 41.7 Å². The average Bonchev–Trinajstić information content (AvgIpc) is 2.97. The van der Waals surface area contributed by atoms with Gasteiger partial charge < -0.3 is 17.2 Å². The highest BCUT2D eigenvalue weighted by atomic mass is 32.1. The molecule has 2 heterocycles. The Balaban J connectivity index is 2.17. The Morgan fingerprint density at radius 3 is 2.71 bits per heavy atom. The van der Waals surface area contributed by atoms with Crippen molar-refractivity contribution < 1.29 is 0 Å². The van der Waals surface area contributed by atoms with Gasteiger partial charge in [0.2, 0.25) is 16.1 Å². The quantitative estimate of drug-likeness (QED) is 0.371. The van der Waals surface area contributed by atoms with Crippen LogP contribution in [0.5, 0.6) is 0 Å². The summed E-state index contributed by atoms with van der Waals surface area (Å²) in [7, 11) is 0. The third kappa shape index (κ3) is 2.54. The van der Waals surface area contributed by atoms with Crippen LogP contribution in [0.25, 0.3) is 16.2 Å². The molecule has 0 aliphatic heterocycles. The number of fused-ring (bicyclic) bond motifs is 1. The van der Waals surface area contributed by atoms with Gasteiger partial charge in [0.25, 0.3) is 0 Å². The van der Waals surface area contributed by atoms with E-state index in [1.807, 2.05) is 30.3 Å². The summed E-state index contributed by atoms with van der Waals surface area (Å²) in [5.41, 5.74) is 18.6. The molecule has 0 saturated carbocycles. The number of guanidine groups is 1. The van der Waals surface area contributed by atoms with Gasteiger partial charge in [-0.05, 0) is 0 Å². The second-order valence-electron chi connectivity index (χ2n) is 4.12. The lowest BCUT2D eigenvalue weighted by Gasteiger charge is -1.98. The summed E-state index contributed by atoms with van der Waals surface area (Å²) in [4.78, 5) is 5.22. The number of hydrogen-bond donors (Lipinski definition) is 3. The van der Waals surface area contributed by atoms with Crippen LogP contribution in [0.15, 0.2) is 40.5 Å². The van der Waals surface area contributed by atoms with Crippen LogP contribution in [0.4, 0.5) is 5.13 Å². The van der Waals surface area contributed by atoms with Crippen molar-refractivity contribution in [2.75, 3.05) is 5.73 Å². The summed E-state index contributed by atoms with van der Waals surface area (Å²) in [5, 5.41) is 12.1. The molecule has 0 unspecified atom stereocenters. The molecule has 0 atom stereocenters. The lowest BCUT2D eigenvalue weighted by atomic mass is 10.1. The number of hydrogen-bond acceptors (Lipinski definition) is 6. The number of aromatic nitrogens is 3. The lowest BCUT2D eigenvalue weighted by molar-refractivity contribution is 0.970. The largest absolute Gasteiger partial charge is 0.374 e. The van der Waals surface area contributed by atoms with E-state index in [1.54, 1.807) is 4.52 Å². The minimum absolute atomic E-state index is 0.119. The highest BCUT2D eigenvalue weighted by molar-refractivity contribution is 7.20. The van der Waals surface area contributed by atoms with Crippen LogP contribution in [0.3, 0.4) is 0 Å². The minimum atomic E-state index is -0.119. The first-order valence-corrected chi connectivity index (χ1v) is 6.79. The molecule has 0 saturated heterocycles. The Kier molecular flexibility index (Phi) is 3.24. The number of nitrogen functional groups attached to an aromatic ring is 1. The molecule has 2 aromatic heterocycles. The Morgan fingerprint density at radius 1 is 1.24 bits per heavy atom. The summed E-state index contributed by atoms with van der Waals surface area (Å²) in [6.07, 6.45) is 1.50. The molecular weight excluding hydrogens is 288 g/mol. The van der Waals surface area contributed by atoms with Gasteiger partial charge in [0, 0.05) is 5.56 Å². The van der Waals surface area contributed by atoms with E-state index in [1.165, 1.54) is 17.6 Å². The van der Waals surface area contributed by atoms with E-state index in [-0.39, 0.29) is 5.96 Å². The molecule has 0 bridgehead atoms. The summed E-state index contributed by atoms with van der Waals surface area (Å²) >= 11 is 1.29. The first-order chi connectivity index (χ1) is 10.1. The fourth-order valence-corrected chi connectivity index (χ4v) is 2.53. The molecule has 0 spiro atoms. The zero-order valence-corrected chi connectivity index (χ0v) is 11.7. The molecule has 3 rings (SSSR count). The monoisotopic (exact) mass is 300 g/mol. The molecule has 0 amide bonds. The van der Waals surface area contributed by atoms with Crippen molar-refractivity contribution >= 4 is 33.6 Å². The number of benzene rings is 1. The van der Waals surface area contributed by atoms with E-state index in [4.69, 9.17) is 17.2 Å². The normalized spacial score (nSPS) is 11.2. The van der Waals surface area contributed by atoms with Crippen LogP contribution in [0, 0.1) is 0 Å². The smallest absolute Gasteiger partial charge is 0.215 e. The van der Waals surface area contributed by atoms with E-state index in [0.29, 0.717) is 15.8 Å². The molecule has 106 valence electrons. The van der Waals surface area contributed by atoms with Gasteiger partial charge in [0.1, 0.15) is 11.4 Å². The predicted octanol–water partition coefficient (Wildman–Crippen LogP) is 0.647. The Hall–Kier alpha value is -2.94. The van der Waals surface area contributed by atoms with Gasteiger partial charge >= 0.3 is 0 Å². The predicted molar refractivity (Wildman–Crippen MR) is 84.1 cm³/mol. The number of nitrogens with zero attached hydrogens (tertiary/aromatic N) is 5. The van der Waals surface area contributed by atoms with Crippen molar-refractivity contribution in [3.05, 3.63) is 36.0 Å². The van der Waals surface area contributed by atoms with Gasteiger partial charge in [-0.15, -0.1) is 10.2 Å². The zero-order chi connectivity index (χ0) is 14.8. The summed E-state index contributed by atoms with van der Waals surface area (Å²) < 4.78 is 1.62. The first kappa shape index (κ1) is 13.1. The Bertz CT molecular complexity index is 826. The molecule has 3 aromatic rings. The minimum Gasteiger partial charge on any atom is -0.374 e. The molecule has 21 heavy (non-hydrogen) atoms. The van der Waals surface area contributed by atoms with Crippen molar-refractivity contribution in [1.82, 2.24) is 14.6 Å². The highest BCUT2D eigenvalue weighted by Gasteiger charge is 2.15. The third-order valence-electron chi connectivity index (χ3n) is 2.65. The van der Waals surface area contributed by atoms with Crippen LogP contribution in [0.2, 0.25) is 0 Å². The second kappa shape index (κ2) is 5.21. The fourth-order valence-electron chi connectivity index (χ4n) is 1.85. The zero-order valence-electron chi connectivity index (χ0n) is 10.8. The number of rotatable bonds is 3. The molecule has 0 aliphatic rings. The summed E-state index contributed by atoms with van der Waals surface area (Å²) in [5.74, 6) is -0.119. The summed E-state index contributed by atoms with van der Waals surface area (Å²) in [6.45, 7) is 0. The maximum Gasteiger partial charge on any atom is 0.215 e. The fraction of sp³-hybridized carbons (Fsp3) is 0. The lowest BCUT2D eigenvalue weighted by Crippen LogP contribution is -2.21. The van der Waals surface area contributed by atoms with Crippen LogP contribution in [0.1, 0.15) is 5.69 Å². The average molecular weight is 300 g/mol. The third-order valence-corrected chi connectivity index (χ3v) is 3.39. The first-order valence-electron chi connectivity index (χ1n) is 5.97. The number of nitrogens with two attached hydrogens (primary N) is 3. The van der Waals surface area contributed by atoms with E-state index in [2.05, 4.69) is 20.3 Å². The van der Waals surface area contributed by atoms with Crippen LogP contribution in [-0.4, -0.2) is 26.8 Å². The van der Waals surface area contributed by atoms with E-state index >= 15 is 0 Å². The van der Waals surface area contributed by atoms with Gasteiger partial charge in [0.15, 0.2) is 0 Å². The van der Waals surface area contributed by atoms with Gasteiger partial charge in [0.05, 0.1) is 6.21 Å². The van der Waals surface area contributed by atoms with Crippen LogP contribution >= 0.6 is 11.3 Å². The van der Waals surface area contributed by atoms with Crippen LogP contribution in [-0.2, 0) is 0 Å². The molecule has 0 radical (unpaired) electrons. The molecule has 1 aromatic carbocycles. The second-order valence-corrected chi connectivity index (χ2v) is 5.10. The molecule has 9 heteroatoms. The van der Waals surface area contributed by atoms with Crippen molar-refractivity contribution in [1.29, 1.82) is 0 Å². The van der Waals surface area contributed by atoms with E-state index < -0.39 is 0 Å². The van der Waals surface area contributed by atoms with E-state index in [0.717, 1.165) is 11.3 Å². The molecule has 0 fully saturated rings. The van der Waals surface area contributed by atoms with Gasteiger partial charge in [-0.25, -0.2) is 4.98 Å². The Morgan fingerprint density at radius 2 is 2.00 bits per heavy atom. The van der Waals surface area contributed by atoms with Crippen molar-refractivity contribution in [2.45, 2.75) is 0 Å². The van der Waals surface area contributed by atoms with Gasteiger partial charge in [-0.2, -0.15) is 9.62 Å². The van der Waals surface area contributed by atoms with Gasteiger partial charge in [-0.3, -0.25) is 0 Å². The summed E-state index contributed by atoms with van der Waals surface area (Å²) in [6, 6.07) is 9.70. The highest BCUT2D eigenvalue weighted by Crippen LogP contribution is 2.26. The molecule has 8 nitrogen and oxygen atoms in total. The molecule has 0 aliphatic carbocycles. The maximum atomic E-state index is 5.70. The molecule has 6 N–H and O–H groups in total. The molecular formula is C12H12N8S. The standard InChI is InChI=1S/C12H12N8S/c13-10(14)18-16-6-8-9(7-4-2-1-3-5-7)17-12-20(8)19-11(15)21-12/h1-6H,(H2,15,19)(H4,13,14,18)/b16-6+. The SMILES string of the molecule is NC(N)=N/N=C/c1c(-c2ccccc2)nc2sc(N)nn12. The van der Waals surface area contributed by atoms with Crippen molar-refractivity contribution in [2.24, 2.45) is 21.7 Å². The van der Waals surface area contributed by atoms with Crippen LogP contribution < -0.4 is 17.2 Å². The van der Waals surface area contributed by atoms with Crippen molar-refractivity contribution in [3.8, 4) is 11.3 Å². The van der Waals surface area contributed by atoms with Crippen molar-refractivity contribution in [3.63, 3.8) is 0 Å². The number of imidazole rings is 1.